The maximum Gasteiger partial charge on any atom is 0.266 e. The number of rotatable bonds is 3. The van der Waals surface area contributed by atoms with Crippen molar-refractivity contribution in [3.63, 3.8) is 0 Å². The molecule has 0 aliphatic carbocycles. The topological polar surface area (TPSA) is 47.8 Å². The van der Waals surface area contributed by atoms with Crippen LogP contribution in [0.3, 0.4) is 0 Å². The SMILES string of the molecule is Cc1cccc(C=Cc2nc3ccc(Br)cc3c(=O)n2-c2ccccc2C)n1. The highest BCUT2D eigenvalue weighted by Crippen LogP contribution is 2.20. The molecule has 0 amide bonds. The molecule has 0 unspecified atom stereocenters. The van der Waals surface area contributed by atoms with Crippen LogP contribution in [-0.2, 0) is 0 Å². The second-order valence-corrected chi connectivity index (χ2v) is 7.51. The van der Waals surface area contributed by atoms with Crippen molar-refractivity contribution in [1.82, 2.24) is 14.5 Å². The number of hydrogen-bond acceptors (Lipinski definition) is 3. The molecule has 2 aromatic carbocycles. The van der Waals surface area contributed by atoms with Crippen molar-refractivity contribution in [2.45, 2.75) is 13.8 Å². The lowest BCUT2D eigenvalue weighted by atomic mass is 10.1. The average molecular weight is 432 g/mol. The van der Waals surface area contributed by atoms with Crippen molar-refractivity contribution in [2.24, 2.45) is 0 Å². The van der Waals surface area contributed by atoms with Crippen molar-refractivity contribution in [1.29, 1.82) is 0 Å². The monoisotopic (exact) mass is 431 g/mol. The van der Waals surface area contributed by atoms with E-state index in [0.717, 1.165) is 27.1 Å². The third-order valence-electron chi connectivity index (χ3n) is 4.53. The first kappa shape index (κ1) is 18.3. The van der Waals surface area contributed by atoms with E-state index in [4.69, 9.17) is 4.98 Å². The zero-order valence-electron chi connectivity index (χ0n) is 15.6. The highest BCUT2D eigenvalue weighted by atomic mass is 79.9. The van der Waals surface area contributed by atoms with Crippen LogP contribution in [0.15, 0.2) is 69.9 Å². The van der Waals surface area contributed by atoms with Crippen LogP contribution >= 0.6 is 15.9 Å². The Bertz CT molecular complexity index is 1270. The number of nitrogens with zero attached hydrogens (tertiary/aromatic N) is 3. The lowest BCUT2D eigenvalue weighted by Crippen LogP contribution is -2.23. The van der Waals surface area contributed by atoms with Crippen LogP contribution < -0.4 is 5.56 Å². The highest BCUT2D eigenvalue weighted by molar-refractivity contribution is 9.10. The largest absolute Gasteiger partial charge is 0.268 e. The second kappa shape index (κ2) is 7.52. The number of aryl methyl sites for hydroxylation is 2. The Balaban J connectivity index is 1.98. The van der Waals surface area contributed by atoms with Crippen molar-refractivity contribution >= 4 is 39.0 Å². The number of fused-ring (bicyclic) bond motifs is 1. The Kier molecular flexibility index (Phi) is 4.92. The van der Waals surface area contributed by atoms with Gasteiger partial charge >= 0.3 is 0 Å². The number of benzene rings is 2. The van der Waals surface area contributed by atoms with E-state index < -0.39 is 0 Å². The molecule has 0 saturated carbocycles. The van der Waals surface area contributed by atoms with Crippen LogP contribution in [0.1, 0.15) is 22.8 Å². The fraction of sp³-hybridized carbons (Fsp3) is 0.0870. The molecule has 2 aromatic heterocycles. The predicted octanol–water partition coefficient (Wildman–Crippen LogP) is 5.33. The first-order valence-corrected chi connectivity index (χ1v) is 9.72. The average Bonchev–Trinajstić information content (AvgIpc) is 2.68. The molecule has 0 aliphatic heterocycles. The lowest BCUT2D eigenvalue weighted by Gasteiger charge is -2.13. The van der Waals surface area contributed by atoms with Crippen LogP contribution in [0.4, 0.5) is 0 Å². The van der Waals surface area contributed by atoms with Gasteiger partial charge in [-0.05, 0) is 68.0 Å². The van der Waals surface area contributed by atoms with Gasteiger partial charge in [0.1, 0.15) is 5.82 Å². The van der Waals surface area contributed by atoms with Gasteiger partial charge in [0.05, 0.1) is 22.3 Å². The van der Waals surface area contributed by atoms with E-state index in [1.54, 1.807) is 4.57 Å². The summed E-state index contributed by atoms with van der Waals surface area (Å²) in [6.07, 6.45) is 3.73. The number of hydrogen-bond donors (Lipinski definition) is 0. The molecule has 0 N–H and O–H groups in total. The molecule has 28 heavy (non-hydrogen) atoms. The Labute approximate surface area is 171 Å². The highest BCUT2D eigenvalue weighted by Gasteiger charge is 2.13. The fourth-order valence-electron chi connectivity index (χ4n) is 3.15. The summed E-state index contributed by atoms with van der Waals surface area (Å²) >= 11 is 3.45. The Hall–Kier alpha value is -3.05. The zero-order valence-corrected chi connectivity index (χ0v) is 17.1. The van der Waals surface area contributed by atoms with Gasteiger partial charge in [-0.1, -0.05) is 40.2 Å². The predicted molar refractivity (Wildman–Crippen MR) is 118 cm³/mol. The van der Waals surface area contributed by atoms with Crippen LogP contribution in [0.2, 0.25) is 0 Å². The summed E-state index contributed by atoms with van der Waals surface area (Å²) in [5.74, 6) is 0.567. The minimum absolute atomic E-state index is 0.0996. The van der Waals surface area contributed by atoms with Gasteiger partial charge in [-0.2, -0.15) is 0 Å². The Morgan fingerprint density at radius 1 is 0.929 bits per heavy atom. The van der Waals surface area contributed by atoms with Crippen LogP contribution in [-0.4, -0.2) is 14.5 Å². The normalized spacial score (nSPS) is 11.4. The molecule has 4 nitrogen and oxygen atoms in total. The third-order valence-corrected chi connectivity index (χ3v) is 5.02. The summed E-state index contributed by atoms with van der Waals surface area (Å²) in [7, 11) is 0. The van der Waals surface area contributed by atoms with Gasteiger partial charge in [0.25, 0.3) is 5.56 Å². The van der Waals surface area contributed by atoms with E-state index in [2.05, 4.69) is 20.9 Å². The van der Waals surface area contributed by atoms with Gasteiger partial charge in [0.2, 0.25) is 0 Å². The molecule has 0 fully saturated rings. The molecule has 0 bridgehead atoms. The molecule has 138 valence electrons. The van der Waals surface area contributed by atoms with Gasteiger partial charge < -0.3 is 0 Å². The summed E-state index contributed by atoms with van der Waals surface area (Å²) in [4.78, 5) is 22.6. The molecule has 5 heteroatoms. The van der Waals surface area contributed by atoms with Gasteiger partial charge in [-0.3, -0.25) is 14.3 Å². The summed E-state index contributed by atoms with van der Waals surface area (Å²) in [6, 6.07) is 19.2. The zero-order chi connectivity index (χ0) is 19.7. The molecule has 0 saturated heterocycles. The number of para-hydroxylation sites is 1. The molecular formula is C23H18BrN3O. The number of halogens is 1. The van der Waals surface area contributed by atoms with Gasteiger partial charge in [-0.15, -0.1) is 0 Å². The van der Waals surface area contributed by atoms with Gasteiger partial charge in [-0.25, -0.2) is 4.98 Å². The maximum absolute atomic E-state index is 13.4. The lowest BCUT2D eigenvalue weighted by molar-refractivity contribution is 0.934. The minimum atomic E-state index is -0.0996. The molecule has 0 radical (unpaired) electrons. The van der Waals surface area contributed by atoms with Gasteiger partial charge in [0, 0.05) is 10.2 Å². The quantitative estimate of drug-likeness (QED) is 0.440. The Morgan fingerprint density at radius 3 is 2.54 bits per heavy atom. The van der Waals surface area contributed by atoms with E-state index in [-0.39, 0.29) is 5.56 Å². The summed E-state index contributed by atoms with van der Waals surface area (Å²) in [6.45, 7) is 3.94. The van der Waals surface area contributed by atoms with Crippen LogP contribution in [0.5, 0.6) is 0 Å². The molecule has 4 rings (SSSR count). The van der Waals surface area contributed by atoms with Crippen molar-refractivity contribution in [3.05, 3.63) is 98.3 Å². The smallest absolute Gasteiger partial charge is 0.266 e. The van der Waals surface area contributed by atoms with E-state index in [1.807, 2.05) is 86.7 Å². The van der Waals surface area contributed by atoms with Crippen molar-refractivity contribution in [2.75, 3.05) is 0 Å². The first-order valence-electron chi connectivity index (χ1n) is 8.93. The molecule has 0 aliphatic rings. The first-order chi connectivity index (χ1) is 13.5. The van der Waals surface area contributed by atoms with E-state index in [1.165, 1.54) is 0 Å². The molecule has 2 heterocycles. The molecular weight excluding hydrogens is 414 g/mol. The fourth-order valence-corrected chi connectivity index (χ4v) is 3.51. The molecule has 0 atom stereocenters. The summed E-state index contributed by atoms with van der Waals surface area (Å²) < 4.78 is 2.51. The standard InChI is InChI=1S/C23H18BrN3O/c1-15-6-3-4-9-21(15)27-22(13-11-18-8-5-7-16(2)25-18)26-20-12-10-17(24)14-19(20)23(27)28/h3-14H,1-2H3. The third kappa shape index (κ3) is 3.53. The van der Waals surface area contributed by atoms with E-state index in [9.17, 15) is 4.79 Å². The van der Waals surface area contributed by atoms with Crippen molar-refractivity contribution < 1.29 is 0 Å². The van der Waals surface area contributed by atoms with Crippen LogP contribution in [0.25, 0.3) is 28.7 Å². The number of aromatic nitrogens is 3. The van der Waals surface area contributed by atoms with Crippen LogP contribution in [0, 0.1) is 13.8 Å². The van der Waals surface area contributed by atoms with E-state index in [0.29, 0.717) is 16.7 Å². The minimum Gasteiger partial charge on any atom is -0.268 e. The van der Waals surface area contributed by atoms with E-state index >= 15 is 0 Å². The summed E-state index contributed by atoms with van der Waals surface area (Å²) in [5.41, 5.74) is 4.14. The maximum atomic E-state index is 13.4. The van der Waals surface area contributed by atoms with Crippen molar-refractivity contribution in [3.8, 4) is 5.69 Å². The summed E-state index contributed by atoms with van der Waals surface area (Å²) in [5, 5.41) is 0.573. The number of pyridine rings is 1. The molecule has 0 spiro atoms. The second-order valence-electron chi connectivity index (χ2n) is 6.60. The molecule has 4 aromatic rings. The van der Waals surface area contributed by atoms with Gasteiger partial charge in [0.15, 0.2) is 0 Å². The Morgan fingerprint density at radius 2 is 1.75 bits per heavy atom.